The molecule has 1 amide bonds. The molecule has 0 bridgehead atoms. The number of nitrogens with one attached hydrogen (secondary N) is 2. The van der Waals surface area contributed by atoms with Crippen LogP contribution >= 0.6 is 11.6 Å². The number of nitrogens with two attached hydrogens (primary N) is 1. The second-order valence-corrected chi connectivity index (χ2v) is 4.05. The second-order valence-electron chi connectivity index (χ2n) is 3.64. The quantitative estimate of drug-likeness (QED) is 0.730. The van der Waals surface area contributed by atoms with Crippen LogP contribution in [-0.4, -0.2) is 10.9 Å². The Morgan fingerprint density at radius 2 is 2.24 bits per heavy atom. The van der Waals surface area contributed by atoms with Crippen molar-refractivity contribution in [3.05, 3.63) is 52.8 Å². The Labute approximate surface area is 104 Å². The Morgan fingerprint density at radius 3 is 2.88 bits per heavy atom. The molecule has 0 aliphatic heterocycles. The fraction of sp³-hybridized carbons (Fsp3) is 0.0833. The van der Waals surface area contributed by atoms with Crippen LogP contribution in [0.25, 0.3) is 0 Å². The maximum absolute atomic E-state index is 11.8. The molecular weight excluding hydrogens is 238 g/mol. The Kier molecular flexibility index (Phi) is 3.35. The summed E-state index contributed by atoms with van der Waals surface area (Å²) in [6.07, 6.45) is 3.64. The van der Waals surface area contributed by atoms with Gasteiger partial charge in [0.25, 0.3) is 5.91 Å². The lowest BCUT2D eigenvalue weighted by molar-refractivity contribution is 0.0951. The van der Waals surface area contributed by atoms with Crippen molar-refractivity contribution in [3.8, 4) is 0 Å². The van der Waals surface area contributed by atoms with Crippen molar-refractivity contribution in [2.45, 2.75) is 6.54 Å². The molecule has 5 heteroatoms. The smallest absolute Gasteiger partial charge is 0.251 e. The summed E-state index contributed by atoms with van der Waals surface area (Å²) in [6, 6.07) is 6.72. The summed E-state index contributed by atoms with van der Waals surface area (Å²) in [6.45, 7) is 0.477. The standard InChI is InChI=1S/C12H12ClN3O/c13-10-5-9(1-2-11(10)14)12(17)16-7-8-3-4-15-6-8/h1-6,15H,7,14H2,(H,16,17). The Morgan fingerprint density at radius 1 is 1.41 bits per heavy atom. The number of hydrogen-bond donors (Lipinski definition) is 3. The van der Waals surface area contributed by atoms with Crippen LogP contribution in [0.15, 0.2) is 36.7 Å². The number of amides is 1. The van der Waals surface area contributed by atoms with Gasteiger partial charge in [0, 0.05) is 24.5 Å². The van der Waals surface area contributed by atoms with Crippen molar-refractivity contribution in [3.63, 3.8) is 0 Å². The lowest BCUT2D eigenvalue weighted by Gasteiger charge is -2.05. The van der Waals surface area contributed by atoms with Crippen LogP contribution in [0, 0.1) is 0 Å². The van der Waals surface area contributed by atoms with Crippen molar-refractivity contribution in [2.75, 3.05) is 5.73 Å². The third kappa shape index (κ3) is 2.79. The zero-order valence-corrected chi connectivity index (χ0v) is 9.79. The van der Waals surface area contributed by atoms with E-state index in [4.69, 9.17) is 17.3 Å². The van der Waals surface area contributed by atoms with E-state index < -0.39 is 0 Å². The van der Waals surface area contributed by atoms with E-state index in [2.05, 4.69) is 10.3 Å². The summed E-state index contributed by atoms with van der Waals surface area (Å²) < 4.78 is 0. The summed E-state index contributed by atoms with van der Waals surface area (Å²) in [4.78, 5) is 14.7. The number of nitrogen functional groups attached to an aromatic ring is 1. The number of aromatic amines is 1. The molecule has 0 spiro atoms. The number of benzene rings is 1. The van der Waals surface area contributed by atoms with Gasteiger partial charge in [-0.3, -0.25) is 4.79 Å². The van der Waals surface area contributed by atoms with Crippen molar-refractivity contribution < 1.29 is 4.79 Å². The summed E-state index contributed by atoms with van der Waals surface area (Å²) in [5, 5.41) is 3.18. The van der Waals surface area contributed by atoms with Crippen molar-refractivity contribution in [2.24, 2.45) is 0 Å². The highest BCUT2D eigenvalue weighted by Gasteiger charge is 2.07. The van der Waals surface area contributed by atoms with Gasteiger partial charge in [0.05, 0.1) is 10.7 Å². The summed E-state index contributed by atoms with van der Waals surface area (Å²) >= 11 is 5.85. The Bertz CT molecular complexity index is 523. The Balaban J connectivity index is 2.02. The fourth-order valence-electron chi connectivity index (χ4n) is 1.42. The van der Waals surface area contributed by atoms with E-state index in [1.807, 2.05) is 18.5 Å². The molecule has 0 radical (unpaired) electrons. The van der Waals surface area contributed by atoms with Gasteiger partial charge in [-0.15, -0.1) is 0 Å². The number of carbonyl (C=O) groups is 1. The molecule has 0 aliphatic carbocycles. The van der Waals surface area contributed by atoms with E-state index in [1.54, 1.807) is 18.2 Å². The van der Waals surface area contributed by atoms with Crippen LogP contribution in [0.1, 0.15) is 15.9 Å². The van der Waals surface area contributed by atoms with Gasteiger partial charge in [0.15, 0.2) is 0 Å². The first kappa shape index (κ1) is 11.5. The van der Waals surface area contributed by atoms with Gasteiger partial charge < -0.3 is 16.0 Å². The van der Waals surface area contributed by atoms with E-state index in [1.165, 1.54) is 0 Å². The minimum atomic E-state index is -0.173. The largest absolute Gasteiger partial charge is 0.398 e. The van der Waals surface area contributed by atoms with E-state index >= 15 is 0 Å². The molecule has 2 aromatic rings. The molecule has 1 aromatic carbocycles. The van der Waals surface area contributed by atoms with Gasteiger partial charge in [-0.1, -0.05) is 11.6 Å². The number of halogens is 1. The van der Waals surface area contributed by atoms with E-state index in [9.17, 15) is 4.79 Å². The average molecular weight is 250 g/mol. The molecule has 0 aliphatic rings. The molecule has 17 heavy (non-hydrogen) atoms. The minimum Gasteiger partial charge on any atom is -0.398 e. The molecule has 1 aromatic heterocycles. The number of carbonyl (C=O) groups excluding carboxylic acids is 1. The van der Waals surface area contributed by atoms with Gasteiger partial charge in [-0.2, -0.15) is 0 Å². The molecule has 0 saturated carbocycles. The first-order valence-corrected chi connectivity index (χ1v) is 5.49. The van der Waals surface area contributed by atoms with Gasteiger partial charge in [-0.05, 0) is 29.8 Å². The summed E-state index contributed by atoms with van der Waals surface area (Å²) in [7, 11) is 0. The second kappa shape index (κ2) is 4.93. The number of anilines is 1. The molecule has 0 saturated heterocycles. The van der Waals surface area contributed by atoms with E-state index in [0.29, 0.717) is 22.8 Å². The van der Waals surface area contributed by atoms with Crippen LogP contribution in [0.2, 0.25) is 5.02 Å². The van der Waals surface area contributed by atoms with Gasteiger partial charge >= 0.3 is 0 Å². The molecule has 4 nitrogen and oxygen atoms in total. The van der Waals surface area contributed by atoms with Crippen LogP contribution in [-0.2, 0) is 6.54 Å². The molecule has 4 N–H and O–H groups in total. The van der Waals surface area contributed by atoms with Crippen molar-refractivity contribution in [1.29, 1.82) is 0 Å². The van der Waals surface area contributed by atoms with Crippen molar-refractivity contribution >= 4 is 23.2 Å². The highest BCUT2D eigenvalue weighted by atomic mass is 35.5. The number of H-pyrrole nitrogens is 1. The number of rotatable bonds is 3. The predicted octanol–water partition coefficient (Wildman–Crippen LogP) is 2.18. The monoisotopic (exact) mass is 249 g/mol. The topological polar surface area (TPSA) is 70.9 Å². The van der Waals surface area contributed by atoms with Crippen molar-refractivity contribution in [1.82, 2.24) is 10.3 Å². The normalized spacial score (nSPS) is 10.2. The molecule has 0 fully saturated rings. The zero-order chi connectivity index (χ0) is 12.3. The molecule has 0 atom stereocenters. The van der Waals surface area contributed by atoms with E-state index in [0.717, 1.165) is 5.56 Å². The molecule has 1 heterocycles. The van der Waals surface area contributed by atoms with Gasteiger partial charge in [0.1, 0.15) is 0 Å². The fourth-order valence-corrected chi connectivity index (χ4v) is 1.60. The molecule has 0 unspecified atom stereocenters. The minimum absolute atomic E-state index is 0.173. The highest BCUT2D eigenvalue weighted by molar-refractivity contribution is 6.33. The van der Waals surface area contributed by atoms with Gasteiger partial charge in [-0.25, -0.2) is 0 Å². The van der Waals surface area contributed by atoms with E-state index in [-0.39, 0.29) is 5.91 Å². The molecule has 88 valence electrons. The maximum atomic E-state index is 11.8. The lowest BCUT2D eigenvalue weighted by Crippen LogP contribution is -2.22. The first-order valence-electron chi connectivity index (χ1n) is 5.11. The summed E-state index contributed by atoms with van der Waals surface area (Å²) in [5.74, 6) is -0.173. The van der Waals surface area contributed by atoms with Crippen LogP contribution < -0.4 is 11.1 Å². The van der Waals surface area contributed by atoms with Crippen LogP contribution in [0.3, 0.4) is 0 Å². The van der Waals surface area contributed by atoms with Crippen LogP contribution in [0.4, 0.5) is 5.69 Å². The predicted molar refractivity (Wildman–Crippen MR) is 67.8 cm³/mol. The summed E-state index contributed by atoms with van der Waals surface area (Å²) in [5.41, 5.74) is 7.55. The highest BCUT2D eigenvalue weighted by Crippen LogP contribution is 2.19. The van der Waals surface area contributed by atoms with Gasteiger partial charge in [0.2, 0.25) is 0 Å². The average Bonchev–Trinajstić information content (AvgIpc) is 2.82. The zero-order valence-electron chi connectivity index (χ0n) is 9.03. The first-order chi connectivity index (χ1) is 8.16. The van der Waals surface area contributed by atoms with Crippen LogP contribution in [0.5, 0.6) is 0 Å². The SMILES string of the molecule is Nc1ccc(C(=O)NCc2cc[nH]c2)cc1Cl. The lowest BCUT2D eigenvalue weighted by atomic mass is 10.2. The number of hydrogen-bond acceptors (Lipinski definition) is 2. The molecule has 2 rings (SSSR count). The Hall–Kier alpha value is -1.94. The third-order valence-electron chi connectivity index (χ3n) is 2.38. The maximum Gasteiger partial charge on any atom is 0.251 e. The number of aromatic nitrogens is 1. The molecular formula is C12H12ClN3O. The third-order valence-corrected chi connectivity index (χ3v) is 2.71.